The topological polar surface area (TPSA) is 45.8 Å². The smallest absolute Gasteiger partial charge is 0.251 e. The van der Waals surface area contributed by atoms with Crippen LogP contribution in [0.3, 0.4) is 0 Å². The molecule has 0 radical (unpaired) electrons. The molecule has 0 aliphatic rings. The largest absolute Gasteiger partial charge is 0.301 e. The van der Waals surface area contributed by atoms with Crippen LogP contribution >= 0.6 is 11.8 Å². The average molecular weight is 302 g/mol. The maximum absolute atomic E-state index is 11.8. The Hall–Kier alpha value is -1.55. The first kappa shape index (κ1) is 15.8. The highest BCUT2D eigenvalue weighted by molar-refractivity contribution is 7.99. The lowest BCUT2D eigenvalue weighted by Gasteiger charge is -2.09. The van der Waals surface area contributed by atoms with Gasteiger partial charge in [0.05, 0.1) is 5.69 Å². The minimum atomic E-state index is -0.0739. The third-order valence-electron chi connectivity index (χ3n) is 3.33. The van der Waals surface area contributed by atoms with Gasteiger partial charge in [-0.1, -0.05) is 54.9 Å². The molecule has 21 heavy (non-hydrogen) atoms. The van der Waals surface area contributed by atoms with Crippen LogP contribution in [0.4, 0.5) is 0 Å². The molecule has 4 heteroatoms. The van der Waals surface area contributed by atoms with Gasteiger partial charge in [-0.2, -0.15) is 0 Å². The average Bonchev–Trinajstić information content (AvgIpc) is 2.36. The SMILES string of the molecule is CCC(C)Sc1nc(Cc2cc(C)cc(C)c2)cc(=O)[nH]1. The van der Waals surface area contributed by atoms with Gasteiger partial charge in [0.15, 0.2) is 5.16 Å². The van der Waals surface area contributed by atoms with Gasteiger partial charge in [-0.3, -0.25) is 4.79 Å². The Kier molecular flexibility index (Phi) is 5.23. The van der Waals surface area contributed by atoms with Crippen molar-refractivity contribution in [1.29, 1.82) is 0 Å². The zero-order valence-corrected chi connectivity index (χ0v) is 13.9. The summed E-state index contributed by atoms with van der Waals surface area (Å²) in [6, 6.07) is 8.05. The van der Waals surface area contributed by atoms with E-state index >= 15 is 0 Å². The van der Waals surface area contributed by atoms with Gasteiger partial charge in [-0.05, 0) is 25.8 Å². The van der Waals surface area contributed by atoms with Crippen molar-refractivity contribution in [2.24, 2.45) is 0 Å². The van der Waals surface area contributed by atoms with Crippen molar-refractivity contribution in [2.45, 2.75) is 50.9 Å². The van der Waals surface area contributed by atoms with Crippen LogP contribution in [0.2, 0.25) is 0 Å². The van der Waals surface area contributed by atoms with Gasteiger partial charge in [0.25, 0.3) is 5.56 Å². The standard InChI is InChI=1S/C17H22N2OS/c1-5-13(4)21-17-18-15(10-16(20)19-17)9-14-7-11(2)6-12(3)8-14/h6-8,10,13H,5,9H2,1-4H3,(H,18,19,20). The number of aryl methyl sites for hydroxylation is 2. The van der Waals surface area contributed by atoms with Gasteiger partial charge in [0, 0.05) is 17.7 Å². The zero-order valence-electron chi connectivity index (χ0n) is 13.1. The first-order chi connectivity index (χ1) is 9.96. The van der Waals surface area contributed by atoms with Crippen molar-refractivity contribution in [3.63, 3.8) is 0 Å². The van der Waals surface area contributed by atoms with E-state index < -0.39 is 0 Å². The van der Waals surface area contributed by atoms with E-state index in [0.29, 0.717) is 11.7 Å². The summed E-state index contributed by atoms with van der Waals surface area (Å²) in [5.74, 6) is 0. The molecule has 0 saturated heterocycles. The van der Waals surface area contributed by atoms with Crippen LogP contribution in [0, 0.1) is 13.8 Å². The molecule has 1 heterocycles. The molecule has 0 fully saturated rings. The highest BCUT2D eigenvalue weighted by atomic mass is 32.2. The number of nitrogens with one attached hydrogen (secondary N) is 1. The van der Waals surface area contributed by atoms with Crippen molar-refractivity contribution in [3.8, 4) is 0 Å². The van der Waals surface area contributed by atoms with E-state index in [4.69, 9.17) is 0 Å². The molecular formula is C17H22N2OS. The minimum Gasteiger partial charge on any atom is -0.301 e. The molecule has 3 nitrogen and oxygen atoms in total. The first-order valence-electron chi connectivity index (χ1n) is 7.30. The monoisotopic (exact) mass is 302 g/mol. The van der Waals surface area contributed by atoms with Crippen molar-refractivity contribution >= 4 is 11.8 Å². The van der Waals surface area contributed by atoms with E-state index in [0.717, 1.165) is 17.3 Å². The summed E-state index contributed by atoms with van der Waals surface area (Å²) >= 11 is 1.62. The van der Waals surface area contributed by atoms with Crippen LogP contribution in [0.25, 0.3) is 0 Å². The second-order valence-electron chi connectivity index (χ2n) is 5.55. The van der Waals surface area contributed by atoms with Gasteiger partial charge >= 0.3 is 0 Å². The van der Waals surface area contributed by atoms with Crippen LogP contribution in [0.15, 0.2) is 34.2 Å². The van der Waals surface area contributed by atoms with Crippen LogP contribution < -0.4 is 5.56 Å². The molecule has 2 rings (SSSR count). The maximum atomic E-state index is 11.8. The van der Waals surface area contributed by atoms with E-state index in [9.17, 15) is 4.79 Å². The fraction of sp³-hybridized carbons (Fsp3) is 0.412. The molecule has 0 aliphatic heterocycles. The Balaban J connectivity index is 2.25. The summed E-state index contributed by atoms with van der Waals surface area (Å²) in [7, 11) is 0. The normalized spacial score (nSPS) is 12.4. The lowest BCUT2D eigenvalue weighted by atomic mass is 10.0. The summed E-state index contributed by atoms with van der Waals surface area (Å²) in [6.07, 6.45) is 1.75. The van der Waals surface area contributed by atoms with Crippen molar-refractivity contribution in [1.82, 2.24) is 9.97 Å². The van der Waals surface area contributed by atoms with Crippen molar-refractivity contribution in [2.75, 3.05) is 0 Å². The van der Waals surface area contributed by atoms with Crippen LogP contribution in [-0.2, 0) is 6.42 Å². The van der Waals surface area contributed by atoms with Gasteiger partial charge < -0.3 is 4.98 Å². The molecule has 1 atom stereocenters. The number of rotatable bonds is 5. The molecule has 2 aromatic rings. The van der Waals surface area contributed by atoms with Crippen molar-refractivity contribution in [3.05, 3.63) is 57.0 Å². The molecule has 0 bridgehead atoms. The number of thioether (sulfide) groups is 1. The number of hydrogen-bond donors (Lipinski definition) is 1. The number of aromatic amines is 1. The van der Waals surface area contributed by atoms with E-state index in [1.807, 2.05) is 0 Å². The maximum Gasteiger partial charge on any atom is 0.251 e. The molecule has 1 aromatic carbocycles. The molecule has 112 valence electrons. The number of H-pyrrole nitrogens is 1. The molecule has 1 unspecified atom stereocenters. The second-order valence-corrected chi connectivity index (χ2v) is 6.98. The Morgan fingerprint density at radius 1 is 1.19 bits per heavy atom. The van der Waals surface area contributed by atoms with E-state index in [-0.39, 0.29) is 5.56 Å². The van der Waals surface area contributed by atoms with Crippen LogP contribution in [-0.4, -0.2) is 15.2 Å². The fourth-order valence-electron chi connectivity index (χ4n) is 2.28. The summed E-state index contributed by atoms with van der Waals surface area (Å²) < 4.78 is 0. The molecule has 0 saturated carbocycles. The lowest BCUT2D eigenvalue weighted by molar-refractivity contribution is 0.853. The molecule has 0 amide bonds. The Labute approximate surface area is 130 Å². The number of benzene rings is 1. The second kappa shape index (κ2) is 6.94. The van der Waals surface area contributed by atoms with E-state index in [2.05, 4.69) is 55.9 Å². The zero-order chi connectivity index (χ0) is 15.4. The number of nitrogens with zero attached hydrogens (tertiary/aromatic N) is 1. The molecule has 1 N–H and O–H groups in total. The predicted molar refractivity (Wildman–Crippen MR) is 89.2 cm³/mol. The predicted octanol–water partition coefficient (Wildman–Crippen LogP) is 3.87. The van der Waals surface area contributed by atoms with E-state index in [1.54, 1.807) is 17.8 Å². The first-order valence-corrected chi connectivity index (χ1v) is 8.18. The molecule has 1 aromatic heterocycles. The molecular weight excluding hydrogens is 280 g/mol. The minimum absolute atomic E-state index is 0.0739. The Morgan fingerprint density at radius 3 is 2.48 bits per heavy atom. The number of hydrogen-bond acceptors (Lipinski definition) is 3. The quantitative estimate of drug-likeness (QED) is 0.673. The number of aromatic nitrogens is 2. The van der Waals surface area contributed by atoms with E-state index in [1.165, 1.54) is 16.7 Å². The lowest BCUT2D eigenvalue weighted by Crippen LogP contribution is -2.11. The van der Waals surface area contributed by atoms with Gasteiger partial charge in [0.2, 0.25) is 0 Å². The third-order valence-corrected chi connectivity index (χ3v) is 4.48. The van der Waals surface area contributed by atoms with Gasteiger partial charge in [-0.25, -0.2) is 4.98 Å². The molecule has 0 spiro atoms. The summed E-state index contributed by atoms with van der Waals surface area (Å²) in [5.41, 5.74) is 4.43. The fourth-order valence-corrected chi connectivity index (χ4v) is 3.16. The summed E-state index contributed by atoms with van der Waals surface area (Å²) in [5, 5.41) is 1.17. The Bertz CT molecular complexity index is 658. The van der Waals surface area contributed by atoms with Gasteiger partial charge in [0.1, 0.15) is 0 Å². The third kappa shape index (κ3) is 4.74. The summed E-state index contributed by atoms with van der Waals surface area (Å²) in [4.78, 5) is 19.2. The highest BCUT2D eigenvalue weighted by Gasteiger charge is 2.07. The van der Waals surface area contributed by atoms with Gasteiger partial charge in [-0.15, -0.1) is 0 Å². The highest BCUT2D eigenvalue weighted by Crippen LogP contribution is 2.21. The van der Waals surface area contributed by atoms with Crippen molar-refractivity contribution < 1.29 is 0 Å². The molecule has 0 aliphatic carbocycles. The Morgan fingerprint density at radius 2 is 1.86 bits per heavy atom. The van der Waals surface area contributed by atoms with Crippen LogP contribution in [0.1, 0.15) is 42.7 Å². The van der Waals surface area contributed by atoms with Crippen LogP contribution in [0.5, 0.6) is 0 Å². The summed E-state index contributed by atoms with van der Waals surface area (Å²) in [6.45, 7) is 8.45.